The van der Waals surface area contributed by atoms with Crippen molar-refractivity contribution in [2.45, 2.75) is 6.61 Å². The zero-order chi connectivity index (χ0) is 20.8. The van der Waals surface area contributed by atoms with Crippen LogP contribution >= 0.6 is 0 Å². The summed E-state index contributed by atoms with van der Waals surface area (Å²) in [5.41, 5.74) is 7.59. The van der Waals surface area contributed by atoms with Gasteiger partial charge >= 0.3 is 0 Å². The number of pyridine rings is 1. The summed E-state index contributed by atoms with van der Waals surface area (Å²) in [5, 5.41) is 2.88. The summed E-state index contributed by atoms with van der Waals surface area (Å²) in [6.45, 7) is 0.510. The van der Waals surface area contributed by atoms with E-state index in [1.54, 1.807) is 0 Å². The van der Waals surface area contributed by atoms with Crippen molar-refractivity contribution in [2.24, 2.45) is 0 Å². The van der Waals surface area contributed by atoms with Gasteiger partial charge in [-0.1, -0.05) is 42.5 Å². The Bertz CT molecular complexity index is 1310. The number of hydrogen-bond acceptors (Lipinski definition) is 4. The standard InChI is InChI=1S/C26H18N2O3/c29-25-15-31-24-11-10-17(12-22(24)27-25)21-13-19(16-6-2-1-3-7-16)20-14-30-23-9-5-4-8-18(23)26(20)28-21/h1-13H,14-15H2,(H,27,29). The number of hydrogen-bond donors (Lipinski definition) is 1. The Morgan fingerprint density at radius 1 is 0.742 bits per heavy atom. The maximum Gasteiger partial charge on any atom is 0.262 e. The molecule has 4 aromatic rings. The summed E-state index contributed by atoms with van der Waals surface area (Å²) in [6.07, 6.45) is 0. The van der Waals surface area contributed by atoms with Crippen molar-refractivity contribution in [1.82, 2.24) is 4.98 Å². The normalized spacial score (nSPS) is 13.7. The largest absolute Gasteiger partial charge is 0.488 e. The van der Waals surface area contributed by atoms with Gasteiger partial charge in [-0.15, -0.1) is 0 Å². The summed E-state index contributed by atoms with van der Waals surface area (Å²) >= 11 is 0. The molecule has 1 N–H and O–H groups in total. The van der Waals surface area contributed by atoms with Gasteiger partial charge in [0.15, 0.2) is 6.61 Å². The quantitative estimate of drug-likeness (QED) is 0.490. The molecule has 3 heterocycles. The maximum atomic E-state index is 11.8. The minimum Gasteiger partial charge on any atom is -0.488 e. The van der Waals surface area contributed by atoms with Crippen molar-refractivity contribution >= 4 is 11.6 Å². The van der Waals surface area contributed by atoms with E-state index in [-0.39, 0.29) is 12.5 Å². The number of benzene rings is 3. The van der Waals surface area contributed by atoms with Crippen LogP contribution in [0.5, 0.6) is 11.5 Å². The van der Waals surface area contributed by atoms with Crippen LogP contribution in [0.3, 0.4) is 0 Å². The fourth-order valence-corrected chi connectivity index (χ4v) is 4.14. The van der Waals surface area contributed by atoms with Crippen molar-refractivity contribution in [1.29, 1.82) is 0 Å². The molecular formula is C26H18N2O3. The van der Waals surface area contributed by atoms with Gasteiger partial charge in [0.1, 0.15) is 18.1 Å². The number of nitrogens with one attached hydrogen (secondary N) is 1. The summed E-state index contributed by atoms with van der Waals surface area (Å²) < 4.78 is 11.5. The average Bonchev–Trinajstić information content (AvgIpc) is 2.83. The highest BCUT2D eigenvalue weighted by Gasteiger charge is 2.24. The van der Waals surface area contributed by atoms with Gasteiger partial charge in [0.2, 0.25) is 0 Å². The second kappa shape index (κ2) is 6.99. The van der Waals surface area contributed by atoms with Crippen molar-refractivity contribution in [2.75, 3.05) is 11.9 Å². The lowest BCUT2D eigenvalue weighted by molar-refractivity contribution is -0.118. The predicted molar refractivity (Wildman–Crippen MR) is 119 cm³/mol. The molecule has 0 atom stereocenters. The molecule has 0 spiro atoms. The van der Waals surface area contributed by atoms with Crippen LogP contribution in [0.4, 0.5) is 5.69 Å². The van der Waals surface area contributed by atoms with Crippen LogP contribution in [0.1, 0.15) is 5.56 Å². The second-order valence-electron chi connectivity index (χ2n) is 7.58. The first-order chi connectivity index (χ1) is 15.3. The first-order valence-electron chi connectivity index (χ1n) is 10.1. The molecule has 0 saturated carbocycles. The van der Waals surface area contributed by atoms with Crippen LogP contribution in [0, 0.1) is 0 Å². The molecule has 0 aliphatic carbocycles. The molecule has 0 bridgehead atoms. The molecule has 5 heteroatoms. The second-order valence-corrected chi connectivity index (χ2v) is 7.58. The van der Waals surface area contributed by atoms with Gasteiger partial charge in [-0.3, -0.25) is 4.79 Å². The van der Waals surface area contributed by atoms with E-state index in [0.29, 0.717) is 18.0 Å². The SMILES string of the molecule is O=C1COc2ccc(-c3cc(-c4ccccc4)c4c(n3)-c3ccccc3OC4)cc2N1. The molecule has 0 unspecified atom stereocenters. The number of carbonyl (C=O) groups excluding carboxylic acids is 1. The van der Waals surface area contributed by atoms with Gasteiger partial charge in [-0.05, 0) is 47.5 Å². The zero-order valence-corrected chi connectivity index (χ0v) is 16.6. The van der Waals surface area contributed by atoms with E-state index >= 15 is 0 Å². The van der Waals surface area contributed by atoms with Crippen LogP contribution in [0.25, 0.3) is 33.6 Å². The molecule has 6 rings (SSSR count). The van der Waals surface area contributed by atoms with Crippen molar-refractivity contribution in [3.63, 3.8) is 0 Å². The number of ether oxygens (including phenoxy) is 2. The van der Waals surface area contributed by atoms with Crippen LogP contribution in [-0.2, 0) is 11.4 Å². The van der Waals surface area contributed by atoms with Gasteiger partial charge in [0.25, 0.3) is 5.91 Å². The number of nitrogens with zero attached hydrogens (tertiary/aromatic N) is 1. The van der Waals surface area contributed by atoms with E-state index in [4.69, 9.17) is 14.5 Å². The predicted octanol–water partition coefficient (Wildman–Crippen LogP) is 5.31. The number of aromatic nitrogens is 1. The zero-order valence-electron chi connectivity index (χ0n) is 16.6. The van der Waals surface area contributed by atoms with Crippen LogP contribution in [0.2, 0.25) is 0 Å². The highest BCUT2D eigenvalue weighted by Crippen LogP contribution is 2.42. The minimum absolute atomic E-state index is 0.0401. The Morgan fingerprint density at radius 2 is 1.55 bits per heavy atom. The lowest BCUT2D eigenvalue weighted by Crippen LogP contribution is -2.25. The third-order valence-corrected chi connectivity index (χ3v) is 5.63. The van der Waals surface area contributed by atoms with E-state index in [2.05, 4.69) is 23.5 Å². The van der Waals surface area contributed by atoms with Gasteiger partial charge in [-0.2, -0.15) is 0 Å². The Morgan fingerprint density at radius 3 is 2.45 bits per heavy atom. The third kappa shape index (κ3) is 3.02. The smallest absolute Gasteiger partial charge is 0.262 e. The molecule has 1 amide bonds. The van der Waals surface area contributed by atoms with Crippen molar-refractivity contribution in [3.05, 3.63) is 84.4 Å². The molecule has 1 aromatic heterocycles. The van der Waals surface area contributed by atoms with E-state index in [1.807, 2.05) is 60.7 Å². The molecule has 0 fully saturated rings. The Hall–Kier alpha value is -4.12. The summed E-state index contributed by atoms with van der Waals surface area (Å²) in [7, 11) is 0. The highest BCUT2D eigenvalue weighted by atomic mass is 16.5. The number of amides is 1. The Kier molecular flexibility index (Phi) is 3.99. The molecule has 150 valence electrons. The van der Waals surface area contributed by atoms with Gasteiger partial charge in [-0.25, -0.2) is 4.98 Å². The maximum absolute atomic E-state index is 11.8. The van der Waals surface area contributed by atoms with Crippen LogP contribution < -0.4 is 14.8 Å². The molecular weight excluding hydrogens is 388 g/mol. The molecule has 5 nitrogen and oxygen atoms in total. The number of rotatable bonds is 2. The fourth-order valence-electron chi connectivity index (χ4n) is 4.14. The molecule has 0 radical (unpaired) electrons. The third-order valence-electron chi connectivity index (χ3n) is 5.63. The van der Waals surface area contributed by atoms with Gasteiger partial charge in [0, 0.05) is 16.7 Å². The minimum atomic E-state index is -0.154. The number of para-hydroxylation sites is 1. The monoisotopic (exact) mass is 406 g/mol. The molecule has 2 aliphatic rings. The number of fused-ring (bicyclic) bond motifs is 4. The topological polar surface area (TPSA) is 60.5 Å². The average molecular weight is 406 g/mol. The highest BCUT2D eigenvalue weighted by molar-refractivity contribution is 5.96. The lowest BCUT2D eigenvalue weighted by Gasteiger charge is -2.24. The fraction of sp³-hybridized carbons (Fsp3) is 0.0769. The first kappa shape index (κ1) is 17.7. The Labute approximate surface area is 179 Å². The summed E-state index contributed by atoms with van der Waals surface area (Å²) in [6, 6.07) is 26.1. The van der Waals surface area contributed by atoms with Crippen LogP contribution in [-0.4, -0.2) is 17.5 Å². The number of carbonyl (C=O) groups is 1. The lowest BCUT2D eigenvalue weighted by atomic mass is 9.92. The molecule has 0 saturated heterocycles. The van der Waals surface area contributed by atoms with E-state index in [9.17, 15) is 4.79 Å². The van der Waals surface area contributed by atoms with Gasteiger partial charge < -0.3 is 14.8 Å². The Balaban J connectivity index is 1.58. The molecule has 2 aliphatic heterocycles. The van der Waals surface area contributed by atoms with E-state index < -0.39 is 0 Å². The summed E-state index contributed by atoms with van der Waals surface area (Å²) in [5.74, 6) is 1.35. The number of anilines is 1. The molecule has 3 aromatic carbocycles. The van der Waals surface area contributed by atoms with Crippen molar-refractivity contribution < 1.29 is 14.3 Å². The van der Waals surface area contributed by atoms with Gasteiger partial charge in [0.05, 0.1) is 17.1 Å². The summed E-state index contributed by atoms with van der Waals surface area (Å²) in [4.78, 5) is 16.8. The van der Waals surface area contributed by atoms with E-state index in [1.165, 1.54) is 0 Å². The van der Waals surface area contributed by atoms with Crippen molar-refractivity contribution in [3.8, 4) is 45.1 Å². The first-order valence-corrected chi connectivity index (χ1v) is 10.1. The van der Waals surface area contributed by atoms with E-state index in [0.717, 1.165) is 45.0 Å². The molecule has 31 heavy (non-hydrogen) atoms. The van der Waals surface area contributed by atoms with Crippen LogP contribution in [0.15, 0.2) is 78.9 Å².